The fourth-order valence-corrected chi connectivity index (χ4v) is 1.75. The van der Waals surface area contributed by atoms with Crippen molar-refractivity contribution in [1.29, 1.82) is 0 Å². The van der Waals surface area contributed by atoms with Gasteiger partial charge in [0.1, 0.15) is 5.75 Å². The van der Waals surface area contributed by atoms with Gasteiger partial charge in [-0.05, 0) is 12.5 Å². The molecule has 0 fully saturated rings. The summed E-state index contributed by atoms with van der Waals surface area (Å²) in [6, 6.07) is 4.18. The summed E-state index contributed by atoms with van der Waals surface area (Å²) < 4.78 is 5.23. The van der Waals surface area contributed by atoms with E-state index in [1.54, 1.807) is 0 Å². The number of hydrogen-bond acceptors (Lipinski definition) is 5. The molecule has 0 aromatic heterocycles. The van der Waals surface area contributed by atoms with Crippen LogP contribution >= 0.6 is 0 Å². The molecule has 2 rings (SSSR count). The molecule has 0 spiro atoms. The first-order valence-corrected chi connectivity index (χ1v) is 4.69. The number of carbonyl (C=O) groups is 1. The molecule has 1 aromatic rings. The van der Waals surface area contributed by atoms with Crippen LogP contribution in [-0.4, -0.2) is 17.5 Å². The van der Waals surface area contributed by atoms with Crippen LogP contribution in [0.15, 0.2) is 18.2 Å². The van der Waals surface area contributed by atoms with Gasteiger partial charge in [-0.25, -0.2) is 0 Å². The van der Waals surface area contributed by atoms with Crippen LogP contribution in [-0.2, 0) is 4.79 Å². The van der Waals surface area contributed by atoms with Crippen molar-refractivity contribution in [2.75, 3.05) is 6.61 Å². The third-order valence-corrected chi connectivity index (χ3v) is 2.50. The van der Waals surface area contributed by atoms with E-state index in [1.165, 1.54) is 18.2 Å². The Balaban J connectivity index is 2.33. The van der Waals surface area contributed by atoms with Gasteiger partial charge in [0.05, 0.1) is 11.5 Å². The number of carboxylic acids is 1. The van der Waals surface area contributed by atoms with Crippen molar-refractivity contribution in [3.8, 4) is 5.75 Å². The number of nitro benzene ring substituents is 1. The molecule has 0 saturated carbocycles. The molecule has 16 heavy (non-hydrogen) atoms. The van der Waals surface area contributed by atoms with Gasteiger partial charge in [-0.2, -0.15) is 0 Å². The SMILES string of the molecule is O=C([O-])CC1COc2ccc([N+](=O)[O-])cc21. The summed E-state index contributed by atoms with van der Waals surface area (Å²) in [4.78, 5) is 20.5. The first-order valence-electron chi connectivity index (χ1n) is 4.69. The van der Waals surface area contributed by atoms with E-state index in [9.17, 15) is 20.0 Å². The van der Waals surface area contributed by atoms with Crippen molar-refractivity contribution < 1.29 is 19.6 Å². The molecule has 0 radical (unpaired) electrons. The molecule has 0 saturated heterocycles. The fraction of sp³-hybridized carbons (Fsp3) is 0.300. The molecule has 1 aliphatic heterocycles. The Morgan fingerprint density at radius 1 is 1.56 bits per heavy atom. The standard InChI is InChI=1S/C10H9NO5/c12-10(13)3-6-5-16-9-2-1-7(11(14)15)4-8(6)9/h1-2,4,6H,3,5H2,(H,12,13)/p-1. The van der Waals surface area contributed by atoms with E-state index in [4.69, 9.17) is 4.74 Å². The Morgan fingerprint density at radius 2 is 2.31 bits per heavy atom. The van der Waals surface area contributed by atoms with Crippen molar-refractivity contribution >= 4 is 11.7 Å². The number of fused-ring (bicyclic) bond motifs is 1. The maximum Gasteiger partial charge on any atom is 0.269 e. The zero-order chi connectivity index (χ0) is 11.7. The molecule has 6 heteroatoms. The number of nitrogens with zero attached hydrogens (tertiary/aromatic N) is 1. The zero-order valence-corrected chi connectivity index (χ0v) is 8.21. The Morgan fingerprint density at radius 3 is 2.94 bits per heavy atom. The van der Waals surface area contributed by atoms with Crippen molar-refractivity contribution in [2.45, 2.75) is 12.3 Å². The molecule has 0 amide bonds. The number of aliphatic carboxylic acids is 1. The molecule has 1 atom stereocenters. The lowest BCUT2D eigenvalue weighted by Gasteiger charge is -2.08. The maximum atomic E-state index is 10.6. The highest BCUT2D eigenvalue weighted by Crippen LogP contribution is 2.37. The first kappa shape index (κ1) is 10.4. The molecule has 0 N–H and O–H groups in total. The minimum absolute atomic E-state index is 0.0624. The van der Waals surface area contributed by atoms with Crippen molar-refractivity contribution in [3.05, 3.63) is 33.9 Å². The van der Waals surface area contributed by atoms with Crippen molar-refractivity contribution in [1.82, 2.24) is 0 Å². The van der Waals surface area contributed by atoms with Gasteiger partial charge < -0.3 is 14.6 Å². The maximum absolute atomic E-state index is 10.6. The summed E-state index contributed by atoms with van der Waals surface area (Å²) >= 11 is 0. The smallest absolute Gasteiger partial charge is 0.269 e. The van der Waals surface area contributed by atoms with Gasteiger partial charge in [-0.3, -0.25) is 10.1 Å². The largest absolute Gasteiger partial charge is 0.550 e. The summed E-state index contributed by atoms with van der Waals surface area (Å²) in [5, 5.41) is 21.0. The predicted molar refractivity (Wildman–Crippen MR) is 51.0 cm³/mol. The highest BCUT2D eigenvalue weighted by atomic mass is 16.6. The van der Waals surface area contributed by atoms with Gasteiger partial charge in [-0.15, -0.1) is 0 Å². The molecule has 1 heterocycles. The number of benzene rings is 1. The highest BCUT2D eigenvalue weighted by molar-refractivity contribution is 5.66. The summed E-state index contributed by atoms with van der Waals surface area (Å²) in [6.07, 6.45) is -0.186. The molecule has 0 aliphatic carbocycles. The third-order valence-electron chi connectivity index (χ3n) is 2.50. The second-order valence-electron chi connectivity index (χ2n) is 3.56. The van der Waals surface area contributed by atoms with E-state index in [-0.39, 0.29) is 24.6 Å². The van der Waals surface area contributed by atoms with Crippen LogP contribution in [0.2, 0.25) is 0 Å². The minimum atomic E-state index is -1.19. The summed E-state index contributed by atoms with van der Waals surface area (Å²) in [5.41, 5.74) is 0.506. The number of ether oxygens (including phenoxy) is 1. The van der Waals surface area contributed by atoms with Crippen molar-refractivity contribution in [2.24, 2.45) is 0 Å². The first-order chi connectivity index (χ1) is 7.58. The molecular weight excluding hydrogens is 214 g/mol. The fourth-order valence-electron chi connectivity index (χ4n) is 1.75. The van der Waals surface area contributed by atoms with Gasteiger partial charge in [0.15, 0.2) is 0 Å². The Labute approximate surface area is 90.6 Å². The van der Waals surface area contributed by atoms with Gasteiger partial charge >= 0.3 is 0 Å². The van der Waals surface area contributed by atoms with Crippen LogP contribution in [0.25, 0.3) is 0 Å². The van der Waals surface area contributed by atoms with Gasteiger partial charge in [0.25, 0.3) is 5.69 Å². The molecule has 1 aromatic carbocycles. The van der Waals surface area contributed by atoms with E-state index >= 15 is 0 Å². The second kappa shape index (κ2) is 3.80. The summed E-state index contributed by atoms with van der Waals surface area (Å²) in [7, 11) is 0. The lowest BCUT2D eigenvalue weighted by molar-refractivity contribution is -0.384. The van der Waals surface area contributed by atoms with Crippen molar-refractivity contribution in [3.63, 3.8) is 0 Å². The lowest BCUT2D eigenvalue weighted by Crippen LogP contribution is -2.24. The molecular formula is C10H8NO5-. The van der Waals surface area contributed by atoms with Crippen LogP contribution in [0.3, 0.4) is 0 Å². The van der Waals surface area contributed by atoms with E-state index < -0.39 is 10.9 Å². The molecule has 84 valence electrons. The Kier molecular flexibility index (Phi) is 2.47. The van der Waals surface area contributed by atoms with Gasteiger partial charge in [0, 0.05) is 29.6 Å². The number of carboxylic acid groups (broad SMARTS) is 1. The number of carbonyl (C=O) groups excluding carboxylic acids is 1. The van der Waals surface area contributed by atoms with Crippen LogP contribution in [0, 0.1) is 10.1 Å². The third kappa shape index (κ3) is 1.81. The average molecular weight is 222 g/mol. The average Bonchev–Trinajstić information content (AvgIpc) is 2.60. The molecule has 6 nitrogen and oxygen atoms in total. The van der Waals surface area contributed by atoms with E-state index in [0.717, 1.165) is 0 Å². The van der Waals surface area contributed by atoms with Crippen LogP contribution in [0.5, 0.6) is 5.75 Å². The summed E-state index contributed by atoms with van der Waals surface area (Å²) in [6.45, 7) is 0.227. The van der Waals surface area contributed by atoms with Crippen LogP contribution < -0.4 is 9.84 Å². The van der Waals surface area contributed by atoms with E-state index in [0.29, 0.717) is 11.3 Å². The molecule has 1 unspecified atom stereocenters. The number of nitro groups is 1. The molecule has 1 aliphatic rings. The van der Waals surface area contributed by atoms with E-state index in [1.807, 2.05) is 0 Å². The molecule has 0 bridgehead atoms. The quantitative estimate of drug-likeness (QED) is 0.538. The van der Waals surface area contributed by atoms with Crippen LogP contribution in [0.1, 0.15) is 17.9 Å². The van der Waals surface area contributed by atoms with Crippen LogP contribution in [0.4, 0.5) is 5.69 Å². The summed E-state index contributed by atoms with van der Waals surface area (Å²) in [5.74, 6) is -1.04. The number of hydrogen-bond donors (Lipinski definition) is 0. The monoisotopic (exact) mass is 222 g/mol. The minimum Gasteiger partial charge on any atom is -0.550 e. The topological polar surface area (TPSA) is 92.5 Å². The number of rotatable bonds is 3. The normalized spacial score (nSPS) is 17.6. The Hall–Kier alpha value is -2.11. The lowest BCUT2D eigenvalue weighted by atomic mass is 9.97. The Bertz CT molecular complexity index is 457. The second-order valence-corrected chi connectivity index (χ2v) is 3.56. The zero-order valence-electron chi connectivity index (χ0n) is 8.21. The number of non-ortho nitro benzene ring substituents is 1. The predicted octanol–water partition coefficient (Wildman–Crippen LogP) is 0.211. The van der Waals surface area contributed by atoms with Gasteiger partial charge in [-0.1, -0.05) is 0 Å². The highest BCUT2D eigenvalue weighted by Gasteiger charge is 2.26. The van der Waals surface area contributed by atoms with Gasteiger partial charge in [0.2, 0.25) is 0 Å². The van der Waals surface area contributed by atoms with E-state index in [2.05, 4.69) is 0 Å².